The molecule has 3 heteroatoms. The minimum absolute atomic E-state index is 0.551. The molecule has 1 saturated carbocycles. The summed E-state index contributed by atoms with van der Waals surface area (Å²) in [4.78, 5) is 13.8. The number of carboxylic acids is 1. The second kappa shape index (κ2) is 6.24. The topological polar surface area (TPSA) is 40.5 Å². The summed E-state index contributed by atoms with van der Waals surface area (Å²) in [5.74, 6) is -0.603. The van der Waals surface area contributed by atoms with Crippen LogP contribution < -0.4 is 0 Å². The van der Waals surface area contributed by atoms with Gasteiger partial charge < -0.3 is 5.11 Å². The van der Waals surface area contributed by atoms with Crippen LogP contribution in [0.1, 0.15) is 58.8 Å². The number of hydrogen-bond donors (Lipinski definition) is 1. The molecule has 1 N–H and O–H groups in total. The Bertz CT molecular complexity index is 216. The molecule has 1 fully saturated rings. The first-order valence-corrected chi connectivity index (χ1v) is 6.66. The Hall–Kier alpha value is -0.570. The van der Waals surface area contributed by atoms with Crippen molar-refractivity contribution in [2.75, 3.05) is 13.1 Å². The molecule has 0 aromatic carbocycles. The van der Waals surface area contributed by atoms with Crippen LogP contribution >= 0.6 is 0 Å². The monoisotopic (exact) mass is 227 g/mol. The fourth-order valence-electron chi connectivity index (χ4n) is 2.88. The lowest BCUT2D eigenvalue weighted by Crippen LogP contribution is -2.56. The van der Waals surface area contributed by atoms with E-state index in [1.54, 1.807) is 0 Å². The number of carbonyl (C=O) groups is 1. The highest BCUT2D eigenvalue weighted by Crippen LogP contribution is 2.34. The van der Waals surface area contributed by atoms with E-state index in [0.717, 1.165) is 51.6 Å². The predicted molar refractivity (Wildman–Crippen MR) is 65.6 cm³/mol. The molecule has 0 heterocycles. The van der Waals surface area contributed by atoms with Gasteiger partial charge in [0.05, 0.1) is 0 Å². The van der Waals surface area contributed by atoms with Gasteiger partial charge in [-0.1, -0.05) is 33.1 Å². The average Bonchev–Trinajstić information content (AvgIpc) is 2.29. The third-order valence-electron chi connectivity index (χ3n) is 3.67. The van der Waals surface area contributed by atoms with Crippen LogP contribution in [0.15, 0.2) is 0 Å². The molecular weight excluding hydrogens is 202 g/mol. The molecule has 0 unspecified atom stereocenters. The molecule has 16 heavy (non-hydrogen) atoms. The zero-order valence-electron chi connectivity index (χ0n) is 10.7. The Balaban J connectivity index is 2.82. The molecule has 1 aliphatic rings. The lowest BCUT2D eigenvalue weighted by molar-refractivity contribution is -0.154. The molecule has 3 nitrogen and oxygen atoms in total. The Morgan fingerprint density at radius 1 is 1.12 bits per heavy atom. The molecule has 1 aliphatic carbocycles. The first-order chi connectivity index (χ1) is 7.67. The van der Waals surface area contributed by atoms with Gasteiger partial charge in [-0.05, 0) is 38.8 Å². The van der Waals surface area contributed by atoms with E-state index in [2.05, 4.69) is 18.7 Å². The van der Waals surface area contributed by atoms with Crippen LogP contribution in [0.25, 0.3) is 0 Å². The van der Waals surface area contributed by atoms with Gasteiger partial charge in [0.25, 0.3) is 0 Å². The van der Waals surface area contributed by atoms with E-state index in [9.17, 15) is 9.90 Å². The molecule has 1 rings (SSSR count). The van der Waals surface area contributed by atoms with Gasteiger partial charge in [0.2, 0.25) is 0 Å². The van der Waals surface area contributed by atoms with Crippen molar-refractivity contribution in [1.82, 2.24) is 4.90 Å². The van der Waals surface area contributed by atoms with Crippen LogP contribution in [-0.2, 0) is 4.79 Å². The fraction of sp³-hybridized carbons (Fsp3) is 0.923. The lowest BCUT2D eigenvalue weighted by atomic mass is 9.80. The van der Waals surface area contributed by atoms with Gasteiger partial charge in [-0.25, -0.2) is 0 Å². The Morgan fingerprint density at radius 3 is 2.00 bits per heavy atom. The van der Waals surface area contributed by atoms with E-state index in [1.165, 1.54) is 6.42 Å². The molecule has 0 aliphatic heterocycles. The van der Waals surface area contributed by atoms with E-state index in [4.69, 9.17) is 0 Å². The van der Waals surface area contributed by atoms with Crippen molar-refractivity contribution >= 4 is 5.97 Å². The molecule has 0 atom stereocenters. The summed E-state index contributed by atoms with van der Waals surface area (Å²) in [7, 11) is 0. The minimum Gasteiger partial charge on any atom is -0.480 e. The van der Waals surface area contributed by atoms with Crippen LogP contribution in [0.5, 0.6) is 0 Å². The molecule has 0 aromatic heterocycles. The van der Waals surface area contributed by atoms with Crippen LogP contribution in [0.2, 0.25) is 0 Å². The number of rotatable bonds is 6. The molecule has 0 aromatic rings. The largest absolute Gasteiger partial charge is 0.480 e. The summed E-state index contributed by atoms with van der Waals surface area (Å²) in [6.45, 7) is 6.09. The number of aliphatic carboxylic acids is 1. The summed E-state index contributed by atoms with van der Waals surface area (Å²) < 4.78 is 0. The van der Waals surface area contributed by atoms with Crippen LogP contribution in [-0.4, -0.2) is 34.6 Å². The Kier molecular flexibility index (Phi) is 5.26. The van der Waals surface area contributed by atoms with Crippen molar-refractivity contribution in [3.8, 4) is 0 Å². The third-order valence-corrected chi connectivity index (χ3v) is 3.67. The smallest absolute Gasteiger partial charge is 0.324 e. The van der Waals surface area contributed by atoms with Gasteiger partial charge in [-0.2, -0.15) is 0 Å². The molecule has 94 valence electrons. The maximum absolute atomic E-state index is 11.6. The maximum Gasteiger partial charge on any atom is 0.324 e. The number of nitrogens with zero attached hydrogens (tertiary/aromatic N) is 1. The van der Waals surface area contributed by atoms with E-state index in [1.807, 2.05) is 0 Å². The first kappa shape index (κ1) is 13.5. The maximum atomic E-state index is 11.6. The van der Waals surface area contributed by atoms with Crippen molar-refractivity contribution in [1.29, 1.82) is 0 Å². The molecule has 0 amide bonds. The Labute approximate surface area is 98.8 Å². The summed E-state index contributed by atoms with van der Waals surface area (Å²) >= 11 is 0. The van der Waals surface area contributed by atoms with Crippen molar-refractivity contribution < 1.29 is 9.90 Å². The molecular formula is C13H25NO2. The average molecular weight is 227 g/mol. The highest BCUT2D eigenvalue weighted by molar-refractivity contribution is 5.79. The van der Waals surface area contributed by atoms with Gasteiger partial charge in [-0.3, -0.25) is 9.69 Å². The van der Waals surface area contributed by atoms with Gasteiger partial charge in [-0.15, -0.1) is 0 Å². The first-order valence-electron chi connectivity index (χ1n) is 6.66. The van der Waals surface area contributed by atoms with Gasteiger partial charge in [0, 0.05) is 0 Å². The van der Waals surface area contributed by atoms with Crippen LogP contribution in [0, 0.1) is 0 Å². The second-order valence-corrected chi connectivity index (χ2v) is 4.88. The van der Waals surface area contributed by atoms with Gasteiger partial charge >= 0.3 is 5.97 Å². The molecule has 0 bridgehead atoms. The zero-order chi connectivity index (χ0) is 12.0. The van der Waals surface area contributed by atoms with E-state index >= 15 is 0 Å². The minimum atomic E-state index is -0.603. The SMILES string of the molecule is CCCN(CCC)C1(C(=O)O)CCCCC1. The fourth-order valence-corrected chi connectivity index (χ4v) is 2.88. The quantitative estimate of drug-likeness (QED) is 0.758. The van der Waals surface area contributed by atoms with Crippen LogP contribution in [0.4, 0.5) is 0 Å². The summed E-state index contributed by atoms with van der Waals surface area (Å²) in [5, 5.41) is 9.57. The molecule has 0 saturated heterocycles. The van der Waals surface area contributed by atoms with Crippen molar-refractivity contribution in [3.63, 3.8) is 0 Å². The van der Waals surface area contributed by atoms with E-state index in [-0.39, 0.29) is 0 Å². The van der Waals surface area contributed by atoms with Crippen molar-refractivity contribution in [2.24, 2.45) is 0 Å². The lowest BCUT2D eigenvalue weighted by Gasteiger charge is -2.43. The zero-order valence-corrected chi connectivity index (χ0v) is 10.7. The van der Waals surface area contributed by atoms with Crippen LogP contribution in [0.3, 0.4) is 0 Å². The van der Waals surface area contributed by atoms with E-state index < -0.39 is 11.5 Å². The van der Waals surface area contributed by atoms with E-state index in [0.29, 0.717) is 0 Å². The summed E-state index contributed by atoms with van der Waals surface area (Å²) in [5.41, 5.74) is -0.551. The second-order valence-electron chi connectivity index (χ2n) is 4.88. The third kappa shape index (κ3) is 2.76. The standard InChI is InChI=1S/C13H25NO2/c1-3-10-14(11-4-2)13(12(15)16)8-6-5-7-9-13/h3-11H2,1-2H3,(H,15,16). The Morgan fingerprint density at radius 2 is 1.62 bits per heavy atom. The van der Waals surface area contributed by atoms with Gasteiger partial charge in [0.15, 0.2) is 0 Å². The number of hydrogen-bond acceptors (Lipinski definition) is 2. The van der Waals surface area contributed by atoms with Crippen molar-refractivity contribution in [2.45, 2.75) is 64.3 Å². The highest BCUT2D eigenvalue weighted by atomic mass is 16.4. The van der Waals surface area contributed by atoms with Gasteiger partial charge in [0.1, 0.15) is 5.54 Å². The van der Waals surface area contributed by atoms with Crippen molar-refractivity contribution in [3.05, 3.63) is 0 Å². The summed E-state index contributed by atoms with van der Waals surface area (Å²) in [6.07, 6.45) is 7.07. The normalized spacial score (nSPS) is 19.9. The molecule has 0 spiro atoms. The summed E-state index contributed by atoms with van der Waals surface area (Å²) in [6, 6.07) is 0. The molecule has 0 radical (unpaired) electrons. The highest BCUT2D eigenvalue weighted by Gasteiger charge is 2.43. The predicted octanol–water partition coefficient (Wildman–Crippen LogP) is 2.90. The number of carboxylic acid groups (broad SMARTS) is 1.